The fourth-order valence-electron chi connectivity index (χ4n) is 2.91. The van der Waals surface area contributed by atoms with Crippen molar-refractivity contribution in [3.8, 4) is 5.75 Å². The van der Waals surface area contributed by atoms with E-state index in [1.807, 2.05) is 42.6 Å². The van der Waals surface area contributed by atoms with E-state index in [0.29, 0.717) is 18.0 Å². The third-order valence-corrected chi connectivity index (χ3v) is 5.48. The van der Waals surface area contributed by atoms with Crippen molar-refractivity contribution in [1.82, 2.24) is 14.8 Å². The first kappa shape index (κ1) is 19.8. The number of aryl methyl sites for hydroxylation is 2. The van der Waals surface area contributed by atoms with Crippen molar-refractivity contribution >= 4 is 23.2 Å². The summed E-state index contributed by atoms with van der Waals surface area (Å²) in [5, 5.41) is 9.02. The minimum Gasteiger partial charge on any atom is -0.489 e. The van der Waals surface area contributed by atoms with Crippen LogP contribution >= 0.6 is 11.3 Å². The second-order valence-electron chi connectivity index (χ2n) is 7.13. The van der Waals surface area contributed by atoms with Crippen molar-refractivity contribution in [1.29, 1.82) is 0 Å². The van der Waals surface area contributed by atoms with E-state index in [1.54, 1.807) is 11.0 Å². The van der Waals surface area contributed by atoms with Gasteiger partial charge in [0.05, 0.1) is 11.4 Å². The average molecular weight is 419 g/mol. The van der Waals surface area contributed by atoms with Crippen LogP contribution in [0, 0.1) is 13.8 Å². The molecular formula is C23H22N4O2S. The largest absolute Gasteiger partial charge is 0.489 e. The van der Waals surface area contributed by atoms with Gasteiger partial charge in [0.15, 0.2) is 0 Å². The maximum Gasteiger partial charge on any atom is 0.268 e. The van der Waals surface area contributed by atoms with E-state index in [-0.39, 0.29) is 11.9 Å². The molecule has 0 aliphatic heterocycles. The van der Waals surface area contributed by atoms with Crippen molar-refractivity contribution in [3.63, 3.8) is 0 Å². The van der Waals surface area contributed by atoms with Crippen LogP contribution in [0.15, 0.2) is 66.3 Å². The summed E-state index contributed by atoms with van der Waals surface area (Å²) in [5.41, 5.74) is 4.43. The van der Waals surface area contributed by atoms with E-state index in [2.05, 4.69) is 46.6 Å². The highest BCUT2D eigenvalue weighted by Crippen LogP contribution is 2.19. The van der Waals surface area contributed by atoms with Crippen molar-refractivity contribution in [2.45, 2.75) is 27.0 Å². The molecule has 0 atom stereocenters. The van der Waals surface area contributed by atoms with Gasteiger partial charge in [0.2, 0.25) is 5.95 Å². The molecule has 6 nitrogen and oxygen atoms in total. The van der Waals surface area contributed by atoms with Crippen LogP contribution in [0.25, 0.3) is 0 Å². The zero-order valence-corrected chi connectivity index (χ0v) is 17.6. The molecule has 0 saturated carbocycles. The summed E-state index contributed by atoms with van der Waals surface area (Å²) < 4.78 is 7.50. The van der Waals surface area contributed by atoms with Crippen molar-refractivity contribution in [3.05, 3.63) is 93.4 Å². The molecule has 0 bridgehead atoms. The molecule has 2 aromatic carbocycles. The van der Waals surface area contributed by atoms with E-state index < -0.39 is 0 Å². The number of amides is 1. The van der Waals surface area contributed by atoms with Crippen LogP contribution in [-0.2, 0) is 13.2 Å². The number of nitrogens with zero attached hydrogens (tertiary/aromatic N) is 3. The fourth-order valence-corrected chi connectivity index (χ4v) is 3.71. The van der Waals surface area contributed by atoms with Crippen LogP contribution in [0.4, 0.5) is 5.95 Å². The van der Waals surface area contributed by atoms with Crippen LogP contribution in [0.5, 0.6) is 5.75 Å². The molecule has 2 heterocycles. The number of ether oxygens (including phenoxy) is 1. The van der Waals surface area contributed by atoms with Crippen LogP contribution in [0.1, 0.15) is 31.9 Å². The minimum atomic E-state index is -0.227. The summed E-state index contributed by atoms with van der Waals surface area (Å²) in [6.07, 6.45) is 1.62. The zero-order chi connectivity index (χ0) is 20.9. The molecule has 0 aliphatic rings. The molecular weight excluding hydrogens is 396 g/mol. The molecule has 0 spiro atoms. The lowest BCUT2D eigenvalue weighted by atomic mass is 10.1. The number of carbonyl (C=O) groups is 1. The molecule has 0 saturated heterocycles. The lowest BCUT2D eigenvalue weighted by Crippen LogP contribution is -2.12. The Bertz CT molecular complexity index is 1150. The Morgan fingerprint density at radius 1 is 1.07 bits per heavy atom. The second-order valence-corrected chi connectivity index (χ2v) is 8.04. The van der Waals surface area contributed by atoms with Gasteiger partial charge in [-0.25, -0.2) is 9.67 Å². The SMILES string of the molecule is Cc1ccc(Cn2cnc(NC(=O)c3cc(COc4cccc(C)c4)cs3)n2)cc1. The highest BCUT2D eigenvalue weighted by atomic mass is 32.1. The topological polar surface area (TPSA) is 69.0 Å². The summed E-state index contributed by atoms with van der Waals surface area (Å²) in [6, 6.07) is 18.0. The number of hydrogen-bond donors (Lipinski definition) is 1. The highest BCUT2D eigenvalue weighted by molar-refractivity contribution is 7.12. The lowest BCUT2D eigenvalue weighted by molar-refractivity contribution is 0.102. The van der Waals surface area contributed by atoms with Gasteiger partial charge in [0.1, 0.15) is 18.7 Å². The van der Waals surface area contributed by atoms with Gasteiger partial charge in [-0.05, 0) is 48.6 Å². The number of anilines is 1. The molecule has 0 fully saturated rings. The molecule has 0 unspecified atom stereocenters. The molecule has 1 N–H and O–H groups in total. The minimum absolute atomic E-state index is 0.227. The maximum atomic E-state index is 12.5. The smallest absolute Gasteiger partial charge is 0.268 e. The molecule has 4 aromatic rings. The Morgan fingerprint density at radius 3 is 2.70 bits per heavy atom. The van der Waals surface area contributed by atoms with Crippen LogP contribution in [-0.4, -0.2) is 20.7 Å². The molecule has 4 rings (SSSR count). The van der Waals surface area contributed by atoms with Crippen LogP contribution in [0.2, 0.25) is 0 Å². The van der Waals surface area contributed by atoms with Gasteiger partial charge >= 0.3 is 0 Å². The molecule has 2 aromatic heterocycles. The Labute approximate surface area is 179 Å². The third-order valence-electron chi connectivity index (χ3n) is 4.50. The summed E-state index contributed by atoms with van der Waals surface area (Å²) in [5.74, 6) is 0.878. The third kappa shape index (κ3) is 5.12. The number of nitrogens with one attached hydrogen (secondary N) is 1. The van der Waals surface area contributed by atoms with E-state index in [0.717, 1.165) is 22.4 Å². The lowest BCUT2D eigenvalue weighted by Gasteiger charge is -2.05. The van der Waals surface area contributed by atoms with E-state index >= 15 is 0 Å². The van der Waals surface area contributed by atoms with Gasteiger partial charge in [-0.2, -0.15) is 0 Å². The van der Waals surface area contributed by atoms with Gasteiger partial charge < -0.3 is 4.74 Å². The number of rotatable bonds is 7. The number of thiophene rings is 1. The summed E-state index contributed by atoms with van der Waals surface area (Å²) in [4.78, 5) is 17.3. The van der Waals surface area contributed by atoms with Crippen molar-refractivity contribution in [2.24, 2.45) is 0 Å². The Kier molecular flexibility index (Phi) is 5.90. The first-order chi connectivity index (χ1) is 14.5. The molecule has 30 heavy (non-hydrogen) atoms. The summed E-state index contributed by atoms with van der Waals surface area (Å²) in [6.45, 7) is 5.09. The second kappa shape index (κ2) is 8.92. The highest BCUT2D eigenvalue weighted by Gasteiger charge is 2.12. The molecule has 0 aliphatic carbocycles. The summed E-state index contributed by atoms with van der Waals surface area (Å²) >= 11 is 1.37. The Hall–Kier alpha value is -3.45. The predicted molar refractivity (Wildman–Crippen MR) is 118 cm³/mol. The van der Waals surface area contributed by atoms with Gasteiger partial charge in [-0.3, -0.25) is 10.1 Å². The van der Waals surface area contributed by atoms with E-state index in [4.69, 9.17) is 4.74 Å². The standard InChI is InChI=1S/C23H22N4O2S/c1-16-6-8-18(9-7-16)12-27-15-24-23(26-27)25-22(28)21-11-19(14-30-21)13-29-20-5-3-4-17(2)10-20/h3-11,14-15H,12-13H2,1-2H3,(H,25,26,28). The van der Waals surface area contributed by atoms with Gasteiger partial charge in [0.25, 0.3) is 5.91 Å². The molecule has 7 heteroatoms. The number of aromatic nitrogens is 3. The van der Waals surface area contributed by atoms with Crippen molar-refractivity contribution in [2.75, 3.05) is 5.32 Å². The van der Waals surface area contributed by atoms with Gasteiger partial charge in [-0.15, -0.1) is 16.4 Å². The first-order valence-corrected chi connectivity index (χ1v) is 10.5. The van der Waals surface area contributed by atoms with Gasteiger partial charge in [-0.1, -0.05) is 42.0 Å². The first-order valence-electron chi connectivity index (χ1n) is 9.58. The average Bonchev–Trinajstić information content (AvgIpc) is 3.38. The van der Waals surface area contributed by atoms with E-state index in [9.17, 15) is 4.79 Å². The Balaban J connectivity index is 1.33. The monoisotopic (exact) mass is 418 g/mol. The van der Waals surface area contributed by atoms with Crippen LogP contribution in [0.3, 0.4) is 0 Å². The number of benzene rings is 2. The Morgan fingerprint density at radius 2 is 1.90 bits per heavy atom. The van der Waals surface area contributed by atoms with E-state index in [1.165, 1.54) is 16.9 Å². The summed E-state index contributed by atoms with van der Waals surface area (Å²) in [7, 11) is 0. The normalized spacial score (nSPS) is 10.7. The maximum absolute atomic E-state index is 12.5. The van der Waals surface area contributed by atoms with Gasteiger partial charge in [0, 0.05) is 5.56 Å². The zero-order valence-electron chi connectivity index (χ0n) is 16.8. The number of hydrogen-bond acceptors (Lipinski definition) is 5. The quantitative estimate of drug-likeness (QED) is 0.466. The van der Waals surface area contributed by atoms with Crippen molar-refractivity contribution < 1.29 is 9.53 Å². The molecule has 0 radical (unpaired) electrons. The van der Waals surface area contributed by atoms with Crippen LogP contribution < -0.4 is 10.1 Å². The fraction of sp³-hybridized carbons (Fsp3) is 0.174. The number of carbonyl (C=O) groups excluding carboxylic acids is 1. The molecule has 1 amide bonds. The predicted octanol–water partition coefficient (Wildman–Crippen LogP) is 4.84. The molecule has 152 valence electrons.